The zero-order valence-electron chi connectivity index (χ0n) is 12.0. The van der Waals surface area contributed by atoms with Crippen LogP contribution in [0.1, 0.15) is 6.92 Å². The molecule has 0 radical (unpaired) electrons. The van der Waals surface area contributed by atoms with Crippen molar-refractivity contribution in [3.8, 4) is 17.1 Å². The maximum atomic E-state index is 11.1. The van der Waals surface area contributed by atoms with Gasteiger partial charge in [0.15, 0.2) is 5.75 Å². The smallest absolute Gasteiger partial charge is 0.440 e. The fourth-order valence-corrected chi connectivity index (χ4v) is 2.18. The van der Waals surface area contributed by atoms with Crippen molar-refractivity contribution in [2.24, 2.45) is 0 Å². The van der Waals surface area contributed by atoms with Crippen LogP contribution >= 0.6 is 0 Å². The van der Waals surface area contributed by atoms with Crippen molar-refractivity contribution in [3.63, 3.8) is 0 Å². The molecular formula is C16H15N3O3. The van der Waals surface area contributed by atoms with Crippen LogP contribution in [-0.2, 0) is 0 Å². The summed E-state index contributed by atoms with van der Waals surface area (Å²) in [5.41, 5.74) is 2.47. The number of aromatic amines is 1. The lowest BCUT2D eigenvalue weighted by Crippen LogP contribution is -2.32. The second-order valence-electron chi connectivity index (χ2n) is 4.67. The molecule has 0 saturated heterocycles. The van der Waals surface area contributed by atoms with E-state index >= 15 is 0 Å². The van der Waals surface area contributed by atoms with Crippen LogP contribution in [-0.4, -0.2) is 32.8 Å². The maximum Gasteiger partial charge on any atom is 0.440 e. The molecule has 3 rings (SSSR count). The van der Waals surface area contributed by atoms with E-state index < -0.39 is 6.09 Å². The van der Waals surface area contributed by atoms with Crippen molar-refractivity contribution in [1.29, 1.82) is 0 Å². The fraction of sp³-hybridized carbons (Fsp3) is 0.125. The standard InChI is InChI=1S/C16H15N3O3/c1-2-19(16(20)21)22-14-10-6-3-7-11(14)15-17-12-8-4-5-9-13(12)18-15/h3-10H,2H2,1H3,(H,17,18)(H,20,21). The van der Waals surface area contributed by atoms with Gasteiger partial charge in [-0.1, -0.05) is 24.3 Å². The van der Waals surface area contributed by atoms with Crippen LogP contribution in [0.25, 0.3) is 22.4 Å². The third-order valence-corrected chi connectivity index (χ3v) is 3.24. The minimum atomic E-state index is -1.14. The van der Waals surface area contributed by atoms with Crippen LogP contribution in [0.15, 0.2) is 48.5 Å². The van der Waals surface area contributed by atoms with Crippen molar-refractivity contribution in [1.82, 2.24) is 15.0 Å². The van der Waals surface area contributed by atoms with Gasteiger partial charge in [0.2, 0.25) is 0 Å². The molecule has 22 heavy (non-hydrogen) atoms. The number of nitrogens with zero attached hydrogens (tertiary/aromatic N) is 2. The Morgan fingerprint density at radius 2 is 1.95 bits per heavy atom. The molecule has 1 aromatic heterocycles. The molecule has 112 valence electrons. The van der Waals surface area contributed by atoms with Gasteiger partial charge in [-0.2, -0.15) is 0 Å². The first-order valence-electron chi connectivity index (χ1n) is 6.91. The summed E-state index contributed by atoms with van der Waals surface area (Å²) >= 11 is 0. The number of imidazole rings is 1. The van der Waals surface area contributed by atoms with E-state index in [-0.39, 0.29) is 6.54 Å². The van der Waals surface area contributed by atoms with Crippen LogP contribution in [0.2, 0.25) is 0 Å². The van der Waals surface area contributed by atoms with E-state index in [0.717, 1.165) is 16.1 Å². The number of H-pyrrole nitrogens is 1. The number of hydroxylamine groups is 2. The van der Waals surface area contributed by atoms with E-state index in [1.165, 1.54) is 0 Å². The second-order valence-corrected chi connectivity index (χ2v) is 4.67. The summed E-state index contributed by atoms with van der Waals surface area (Å²) in [4.78, 5) is 24.3. The third-order valence-electron chi connectivity index (χ3n) is 3.24. The van der Waals surface area contributed by atoms with Crippen LogP contribution in [0.3, 0.4) is 0 Å². The van der Waals surface area contributed by atoms with Crippen LogP contribution in [0.5, 0.6) is 5.75 Å². The number of carboxylic acid groups (broad SMARTS) is 1. The van der Waals surface area contributed by atoms with Gasteiger partial charge in [-0.15, -0.1) is 5.06 Å². The maximum absolute atomic E-state index is 11.1. The number of carbonyl (C=O) groups is 1. The third kappa shape index (κ3) is 2.58. The Balaban J connectivity index is 2.02. The van der Waals surface area contributed by atoms with E-state index in [0.29, 0.717) is 17.1 Å². The number of aromatic nitrogens is 2. The van der Waals surface area contributed by atoms with Crippen LogP contribution < -0.4 is 4.84 Å². The average molecular weight is 297 g/mol. The molecule has 0 fully saturated rings. The number of nitrogens with one attached hydrogen (secondary N) is 1. The topological polar surface area (TPSA) is 78.5 Å². The molecule has 3 aromatic rings. The minimum Gasteiger partial charge on any atom is -0.463 e. The molecule has 6 nitrogen and oxygen atoms in total. The average Bonchev–Trinajstić information content (AvgIpc) is 2.96. The molecule has 0 aliphatic heterocycles. The number of para-hydroxylation sites is 3. The molecule has 0 saturated carbocycles. The van der Waals surface area contributed by atoms with Gasteiger partial charge in [-0.25, -0.2) is 9.78 Å². The van der Waals surface area contributed by atoms with Crippen molar-refractivity contribution in [2.45, 2.75) is 6.92 Å². The van der Waals surface area contributed by atoms with Crippen molar-refractivity contribution >= 4 is 17.1 Å². The Hall–Kier alpha value is -3.02. The molecule has 2 aromatic carbocycles. The summed E-state index contributed by atoms with van der Waals surface area (Å²) < 4.78 is 0. The predicted molar refractivity (Wildman–Crippen MR) is 82.6 cm³/mol. The summed E-state index contributed by atoms with van der Waals surface area (Å²) in [5.74, 6) is 1.07. The highest BCUT2D eigenvalue weighted by atomic mass is 16.7. The lowest BCUT2D eigenvalue weighted by molar-refractivity contribution is -0.0310. The van der Waals surface area contributed by atoms with E-state index in [9.17, 15) is 4.79 Å². The molecule has 0 bridgehead atoms. The number of hydrogen-bond donors (Lipinski definition) is 2. The summed E-state index contributed by atoms with van der Waals surface area (Å²) in [7, 11) is 0. The highest BCUT2D eigenvalue weighted by Gasteiger charge is 2.16. The Kier molecular flexibility index (Phi) is 3.65. The monoisotopic (exact) mass is 297 g/mol. The highest BCUT2D eigenvalue weighted by Crippen LogP contribution is 2.29. The van der Waals surface area contributed by atoms with Gasteiger partial charge in [-0.05, 0) is 31.2 Å². The van der Waals surface area contributed by atoms with E-state index in [2.05, 4.69) is 9.97 Å². The predicted octanol–water partition coefficient (Wildman–Crippen LogP) is 3.52. The Morgan fingerprint density at radius 1 is 1.23 bits per heavy atom. The fourth-order valence-electron chi connectivity index (χ4n) is 2.18. The zero-order valence-corrected chi connectivity index (χ0v) is 12.0. The Labute approximate surface area is 126 Å². The summed E-state index contributed by atoms with van der Waals surface area (Å²) in [5, 5.41) is 9.96. The first kappa shape index (κ1) is 13.9. The van der Waals surface area contributed by atoms with Gasteiger partial charge in [0.05, 0.1) is 23.1 Å². The molecule has 1 heterocycles. The van der Waals surface area contributed by atoms with Gasteiger partial charge < -0.3 is 14.9 Å². The number of benzene rings is 2. The summed E-state index contributed by atoms with van der Waals surface area (Å²) in [6.07, 6.45) is -1.14. The molecule has 2 N–H and O–H groups in total. The quantitative estimate of drug-likeness (QED) is 0.722. The zero-order chi connectivity index (χ0) is 15.5. The molecule has 0 spiro atoms. The van der Waals surface area contributed by atoms with Gasteiger partial charge in [0.25, 0.3) is 0 Å². The molecule has 6 heteroatoms. The normalized spacial score (nSPS) is 10.6. The molecule has 0 atom stereocenters. The first-order valence-corrected chi connectivity index (χ1v) is 6.91. The van der Waals surface area contributed by atoms with Crippen LogP contribution in [0, 0.1) is 0 Å². The van der Waals surface area contributed by atoms with Gasteiger partial charge in [0.1, 0.15) is 5.82 Å². The highest BCUT2D eigenvalue weighted by molar-refractivity contribution is 5.80. The molecule has 1 amide bonds. The SMILES string of the molecule is CCN(Oc1ccccc1-c1nc2ccccc2[nH]1)C(=O)O. The van der Waals surface area contributed by atoms with Gasteiger partial charge >= 0.3 is 6.09 Å². The lowest BCUT2D eigenvalue weighted by atomic mass is 10.2. The summed E-state index contributed by atoms with van der Waals surface area (Å²) in [6, 6.07) is 14.9. The number of fused-ring (bicyclic) bond motifs is 1. The molecule has 0 unspecified atom stereocenters. The Bertz CT molecular complexity index is 780. The van der Waals surface area contributed by atoms with E-state index in [1.807, 2.05) is 36.4 Å². The molecular weight excluding hydrogens is 282 g/mol. The Morgan fingerprint density at radius 3 is 2.68 bits per heavy atom. The summed E-state index contributed by atoms with van der Waals surface area (Å²) in [6.45, 7) is 1.93. The van der Waals surface area contributed by atoms with Crippen molar-refractivity contribution in [2.75, 3.05) is 6.54 Å². The van der Waals surface area contributed by atoms with E-state index in [1.54, 1.807) is 19.1 Å². The van der Waals surface area contributed by atoms with Gasteiger partial charge in [0, 0.05) is 0 Å². The largest absolute Gasteiger partial charge is 0.463 e. The van der Waals surface area contributed by atoms with Crippen molar-refractivity contribution in [3.05, 3.63) is 48.5 Å². The number of rotatable bonds is 4. The van der Waals surface area contributed by atoms with Gasteiger partial charge in [-0.3, -0.25) is 0 Å². The number of amides is 1. The van der Waals surface area contributed by atoms with Crippen molar-refractivity contribution < 1.29 is 14.7 Å². The molecule has 0 aliphatic carbocycles. The minimum absolute atomic E-state index is 0.226. The second kappa shape index (κ2) is 5.77. The van der Waals surface area contributed by atoms with E-state index in [4.69, 9.17) is 9.94 Å². The molecule has 0 aliphatic rings. The lowest BCUT2D eigenvalue weighted by Gasteiger charge is -2.18. The first-order chi connectivity index (χ1) is 10.7. The number of hydrogen-bond acceptors (Lipinski definition) is 3. The van der Waals surface area contributed by atoms with Crippen LogP contribution in [0.4, 0.5) is 4.79 Å².